The first-order valence-electron chi connectivity index (χ1n) is 6.89. The molecule has 0 spiro atoms. The predicted molar refractivity (Wildman–Crippen MR) is 86.1 cm³/mol. The van der Waals surface area contributed by atoms with Gasteiger partial charge in [-0.3, -0.25) is 0 Å². The molecule has 0 amide bonds. The number of anilines is 3. The molecule has 1 aliphatic rings. The van der Waals surface area contributed by atoms with E-state index >= 15 is 0 Å². The Morgan fingerprint density at radius 2 is 1.90 bits per heavy atom. The predicted octanol–water partition coefficient (Wildman–Crippen LogP) is 3.55. The molecular formula is C16H18ClN3. The van der Waals surface area contributed by atoms with Crippen LogP contribution >= 0.6 is 11.6 Å². The lowest BCUT2D eigenvalue weighted by atomic mass is 10.0. The molecule has 2 aromatic carbocycles. The Balaban J connectivity index is 1.97. The van der Waals surface area contributed by atoms with Gasteiger partial charge in [0.25, 0.3) is 0 Å². The number of hydrogen-bond donors (Lipinski definition) is 3. The zero-order chi connectivity index (χ0) is 13.9. The molecule has 2 aromatic rings. The van der Waals surface area contributed by atoms with Crippen molar-refractivity contribution in [3.05, 3.63) is 52.5 Å². The van der Waals surface area contributed by atoms with Gasteiger partial charge in [0, 0.05) is 24.5 Å². The van der Waals surface area contributed by atoms with E-state index < -0.39 is 0 Å². The van der Waals surface area contributed by atoms with Crippen LogP contribution in [0.3, 0.4) is 0 Å². The van der Waals surface area contributed by atoms with Crippen LogP contribution in [0.4, 0.5) is 17.1 Å². The Morgan fingerprint density at radius 1 is 1.10 bits per heavy atom. The summed E-state index contributed by atoms with van der Waals surface area (Å²) in [6, 6.07) is 12.6. The molecule has 20 heavy (non-hydrogen) atoms. The highest BCUT2D eigenvalue weighted by Gasteiger charge is 2.14. The fraction of sp³-hybridized carbons (Fsp3) is 0.250. The van der Waals surface area contributed by atoms with Crippen LogP contribution in [0, 0.1) is 0 Å². The van der Waals surface area contributed by atoms with Crippen LogP contribution in [0.5, 0.6) is 0 Å². The van der Waals surface area contributed by atoms with Crippen molar-refractivity contribution in [2.24, 2.45) is 5.73 Å². The fourth-order valence-corrected chi connectivity index (χ4v) is 2.81. The van der Waals surface area contributed by atoms with Gasteiger partial charge in [0.2, 0.25) is 0 Å². The van der Waals surface area contributed by atoms with E-state index in [1.165, 1.54) is 16.8 Å². The van der Waals surface area contributed by atoms with Gasteiger partial charge < -0.3 is 16.4 Å². The zero-order valence-corrected chi connectivity index (χ0v) is 12.0. The maximum Gasteiger partial charge on any atom is 0.0641 e. The third-order valence-corrected chi connectivity index (χ3v) is 3.92. The largest absolute Gasteiger partial charge is 0.383 e. The average Bonchev–Trinajstić information content (AvgIpc) is 2.64. The number of hydrogen-bond acceptors (Lipinski definition) is 3. The van der Waals surface area contributed by atoms with Crippen molar-refractivity contribution in [1.82, 2.24) is 0 Å². The molecule has 3 nitrogen and oxygen atoms in total. The van der Waals surface area contributed by atoms with Crippen molar-refractivity contribution >= 4 is 28.7 Å². The minimum atomic E-state index is 0.587. The molecule has 3 rings (SSSR count). The normalized spacial score (nSPS) is 12.9. The van der Waals surface area contributed by atoms with Crippen LogP contribution in [-0.2, 0) is 12.8 Å². The second kappa shape index (κ2) is 5.73. The molecule has 4 N–H and O–H groups in total. The Morgan fingerprint density at radius 3 is 2.75 bits per heavy atom. The number of aryl methyl sites for hydroxylation is 2. The molecule has 104 valence electrons. The third kappa shape index (κ3) is 2.60. The highest BCUT2D eigenvalue weighted by atomic mass is 35.5. The monoisotopic (exact) mass is 287 g/mol. The van der Waals surface area contributed by atoms with Crippen LogP contribution in [0.15, 0.2) is 36.4 Å². The van der Waals surface area contributed by atoms with Gasteiger partial charge in [-0.15, -0.1) is 0 Å². The maximum absolute atomic E-state index is 6.33. The Kier molecular flexibility index (Phi) is 3.81. The number of nitrogens with one attached hydrogen (secondary N) is 2. The first kappa shape index (κ1) is 13.3. The lowest BCUT2D eigenvalue weighted by Gasteiger charge is -2.14. The lowest BCUT2D eigenvalue weighted by Crippen LogP contribution is -2.13. The molecule has 0 saturated carbocycles. The van der Waals surface area contributed by atoms with Crippen molar-refractivity contribution in [2.45, 2.75) is 12.8 Å². The van der Waals surface area contributed by atoms with Crippen molar-refractivity contribution in [1.29, 1.82) is 0 Å². The van der Waals surface area contributed by atoms with Crippen LogP contribution in [0.2, 0.25) is 5.02 Å². The maximum atomic E-state index is 6.33. The van der Waals surface area contributed by atoms with Crippen LogP contribution in [0.1, 0.15) is 11.1 Å². The van der Waals surface area contributed by atoms with E-state index in [2.05, 4.69) is 47.0 Å². The van der Waals surface area contributed by atoms with Crippen molar-refractivity contribution in [3.63, 3.8) is 0 Å². The number of fused-ring (bicyclic) bond motifs is 2. The number of rotatable bonds is 3. The molecule has 1 heterocycles. The molecule has 0 saturated heterocycles. The SMILES string of the molecule is NCCNc1cc2c(cc1Cl)CCc1ccccc1N2. The lowest BCUT2D eigenvalue weighted by molar-refractivity contribution is 0.976. The molecule has 4 heteroatoms. The summed E-state index contributed by atoms with van der Waals surface area (Å²) in [5, 5.41) is 7.53. The summed E-state index contributed by atoms with van der Waals surface area (Å²) >= 11 is 6.33. The Hall–Kier alpha value is -1.71. The molecular weight excluding hydrogens is 270 g/mol. The molecule has 0 bridgehead atoms. The summed E-state index contributed by atoms with van der Waals surface area (Å²) in [6.07, 6.45) is 2.03. The zero-order valence-electron chi connectivity index (χ0n) is 11.2. The van der Waals surface area contributed by atoms with E-state index in [9.17, 15) is 0 Å². The summed E-state index contributed by atoms with van der Waals surface area (Å²) in [5.74, 6) is 0. The highest BCUT2D eigenvalue weighted by Crippen LogP contribution is 2.35. The number of benzene rings is 2. The van der Waals surface area contributed by atoms with Crippen LogP contribution < -0.4 is 16.4 Å². The van der Waals surface area contributed by atoms with Gasteiger partial charge in [0.15, 0.2) is 0 Å². The molecule has 0 unspecified atom stereocenters. The third-order valence-electron chi connectivity index (χ3n) is 3.60. The summed E-state index contributed by atoms with van der Waals surface area (Å²) in [7, 11) is 0. The summed E-state index contributed by atoms with van der Waals surface area (Å²) in [4.78, 5) is 0. The molecule has 0 fully saturated rings. The first-order chi connectivity index (χ1) is 9.78. The summed E-state index contributed by atoms with van der Waals surface area (Å²) in [5.41, 5.74) is 11.4. The first-order valence-corrected chi connectivity index (χ1v) is 7.27. The Bertz CT molecular complexity index is 625. The number of halogens is 1. The molecule has 0 radical (unpaired) electrons. The van der Waals surface area contributed by atoms with Gasteiger partial charge >= 0.3 is 0 Å². The van der Waals surface area contributed by atoms with Gasteiger partial charge in [-0.1, -0.05) is 29.8 Å². The second-order valence-electron chi connectivity index (χ2n) is 4.99. The van der Waals surface area contributed by atoms with Gasteiger partial charge in [-0.25, -0.2) is 0 Å². The smallest absolute Gasteiger partial charge is 0.0641 e. The Labute approximate surface area is 124 Å². The van der Waals surface area contributed by atoms with E-state index in [1.807, 2.05) is 0 Å². The van der Waals surface area contributed by atoms with E-state index in [-0.39, 0.29) is 0 Å². The van der Waals surface area contributed by atoms with Gasteiger partial charge in [-0.05, 0) is 42.2 Å². The van der Waals surface area contributed by atoms with Crippen LogP contribution in [-0.4, -0.2) is 13.1 Å². The highest BCUT2D eigenvalue weighted by molar-refractivity contribution is 6.33. The molecule has 1 aliphatic heterocycles. The van der Waals surface area contributed by atoms with Crippen LogP contribution in [0.25, 0.3) is 0 Å². The van der Waals surface area contributed by atoms with Gasteiger partial charge in [0.1, 0.15) is 0 Å². The quantitative estimate of drug-likeness (QED) is 0.809. The van der Waals surface area contributed by atoms with E-state index in [1.54, 1.807) is 0 Å². The minimum Gasteiger partial charge on any atom is -0.383 e. The number of para-hydroxylation sites is 1. The van der Waals surface area contributed by atoms with Crippen molar-refractivity contribution in [2.75, 3.05) is 23.7 Å². The summed E-state index contributed by atoms with van der Waals surface area (Å²) < 4.78 is 0. The average molecular weight is 288 g/mol. The van der Waals surface area contributed by atoms with Gasteiger partial charge in [0.05, 0.1) is 10.7 Å². The topological polar surface area (TPSA) is 50.1 Å². The van der Waals surface area contributed by atoms with Crippen molar-refractivity contribution < 1.29 is 0 Å². The van der Waals surface area contributed by atoms with Gasteiger partial charge in [-0.2, -0.15) is 0 Å². The summed E-state index contributed by atoms with van der Waals surface area (Å²) in [6.45, 7) is 1.30. The van der Waals surface area contributed by atoms with E-state index in [0.29, 0.717) is 6.54 Å². The molecule has 0 atom stereocenters. The van der Waals surface area contributed by atoms with Crippen molar-refractivity contribution in [3.8, 4) is 0 Å². The van der Waals surface area contributed by atoms with E-state index in [0.717, 1.165) is 35.8 Å². The minimum absolute atomic E-state index is 0.587. The number of nitrogens with two attached hydrogens (primary N) is 1. The molecule has 0 aliphatic carbocycles. The molecule has 0 aromatic heterocycles. The van der Waals surface area contributed by atoms with E-state index in [4.69, 9.17) is 17.3 Å². The second-order valence-corrected chi connectivity index (χ2v) is 5.39. The standard InChI is InChI=1S/C16H18ClN3/c17-13-9-12-6-5-11-3-1-2-4-14(11)20-15(12)10-16(13)19-8-7-18/h1-4,9-10,19-20H,5-8,18H2. The fourth-order valence-electron chi connectivity index (χ4n) is 2.55.